The SMILES string of the molecule is COc1ccc(C(O)=C2C(=O)C(=O)N(CCNCCO)C2c2cccnc2)cc1. The van der Waals surface area contributed by atoms with Crippen LogP contribution in [0, 0.1) is 0 Å². The summed E-state index contributed by atoms with van der Waals surface area (Å²) >= 11 is 0. The molecule has 0 spiro atoms. The van der Waals surface area contributed by atoms with Crippen LogP contribution in [0.3, 0.4) is 0 Å². The molecular formula is C21H23N3O5. The van der Waals surface area contributed by atoms with Gasteiger partial charge in [0.25, 0.3) is 11.7 Å². The Balaban J connectivity index is 2.02. The van der Waals surface area contributed by atoms with Gasteiger partial charge in [-0.15, -0.1) is 0 Å². The monoisotopic (exact) mass is 397 g/mol. The van der Waals surface area contributed by atoms with E-state index in [4.69, 9.17) is 9.84 Å². The first-order valence-electron chi connectivity index (χ1n) is 9.22. The quantitative estimate of drug-likeness (QED) is 0.265. The summed E-state index contributed by atoms with van der Waals surface area (Å²) in [5, 5.41) is 22.8. The predicted molar refractivity (Wildman–Crippen MR) is 106 cm³/mol. The summed E-state index contributed by atoms with van der Waals surface area (Å²) in [5.41, 5.74) is 1.07. The van der Waals surface area contributed by atoms with Crippen LogP contribution in [0.5, 0.6) is 5.75 Å². The minimum atomic E-state index is -0.748. The molecule has 0 aliphatic carbocycles. The fourth-order valence-electron chi connectivity index (χ4n) is 3.30. The van der Waals surface area contributed by atoms with Gasteiger partial charge in [0, 0.05) is 37.6 Å². The average molecular weight is 397 g/mol. The van der Waals surface area contributed by atoms with E-state index in [0.717, 1.165) is 0 Å². The number of rotatable bonds is 8. The zero-order valence-corrected chi connectivity index (χ0v) is 16.0. The molecule has 1 aromatic carbocycles. The van der Waals surface area contributed by atoms with E-state index in [-0.39, 0.29) is 24.5 Å². The molecule has 2 heterocycles. The number of ether oxygens (including phenoxy) is 1. The van der Waals surface area contributed by atoms with Gasteiger partial charge in [-0.2, -0.15) is 0 Å². The van der Waals surface area contributed by atoms with Crippen molar-refractivity contribution >= 4 is 17.4 Å². The molecule has 1 aliphatic rings. The van der Waals surface area contributed by atoms with Gasteiger partial charge in [-0.3, -0.25) is 14.6 Å². The molecule has 8 heteroatoms. The van der Waals surface area contributed by atoms with Crippen molar-refractivity contribution in [1.82, 2.24) is 15.2 Å². The van der Waals surface area contributed by atoms with Crippen molar-refractivity contribution in [3.8, 4) is 5.75 Å². The first kappa shape index (κ1) is 20.5. The number of nitrogens with one attached hydrogen (secondary N) is 1. The molecule has 1 aliphatic heterocycles. The standard InChI is InChI=1S/C21H23N3O5/c1-29-16-6-4-14(5-7-16)19(26)17-18(15-3-2-8-23-13-15)24(21(28)20(17)27)11-9-22-10-12-25/h2-8,13,18,22,25-26H,9-12H2,1H3. The number of aromatic nitrogens is 1. The second-order valence-corrected chi connectivity index (χ2v) is 6.48. The minimum absolute atomic E-state index is 0.0234. The molecule has 2 aromatic rings. The highest BCUT2D eigenvalue weighted by Gasteiger charge is 2.45. The molecule has 1 fully saturated rings. The Morgan fingerprint density at radius 1 is 1.21 bits per heavy atom. The summed E-state index contributed by atoms with van der Waals surface area (Å²) in [5.74, 6) is -1.06. The Kier molecular flexibility index (Phi) is 6.58. The third-order valence-corrected chi connectivity index (χ3v) is 4.72. The number of amides is 1. The maximum atomic E-state index is 12.8. The molecule has 0 saturated carbocycles. The number of aliphatic hydroxyl groups excluding tert-OH is 2. The number of carbonyl (C=O) groups is 2. The van der Waals surface area contributed by atoms with Crippen molar-refractivity contribution in [1.29, 1.82) is 0 Å². The summed E-state index contributed by atoms with van der Waals surface area (Å²) < 4.78 is 5.12. The van der Waals surface area contributed by atoms with Gasteiger partial charge in [0.05, 0.1) is 25.3 Å². The maximum absolute atomic E-state index is 12.8. The first-order chi connectivity index (χ1) is 14.1. The molecule has 1 saturated heterocycles. The van der Waals surface area contributed by atoms with Crippen molar-refractivity contribution in [3.05, 3.63) is 65.5 Å². The highest BCUT2D eigenvalue weighted by molar-refractivity contribution is 6.46. The lowest BCUT2D eigenvalue weighted by Gasteiger charge is -2.25. The van der Waals surface area contributed by atoms with Crippen molar-refractivity contribution < 1.29 is 24.5 Å². The molecule has 152 valence electrons. The molecule has 1 aromatic heterocycles. The summed E-state index contributed by atoms with van der Waals surface area (Å²) in [4.78, 5) is 31.0. The molecule has 1 amide bonds. The second-order valence-electron chi connectivity index (χ2n) is 6.48. The van der Waals surface area contributed by atoms with Crippen LogP contribution >= 0.6 is 0 Å². The zero-order chi connectivity index (χ0) is 20.8. The number of nitrogens with zero attached hydrogens (tertiary/aromatic N) is 2. The van der Waals surface area contributed by atoms with Crippen LogP contribution in [0.15, 0.2) is 54.4 Å². The molecule has 3 rings (SSSR count). The fourth-order valence-corrected chi connectivity index (χ4v) is 3.30. The number of aliphatic hydroxyl groups is 2. The van der Waals surface area contributed by atoms with Gasteiger partial charge in [-0.1, -0.05) is 6.07 Å². The van der Waals surface area contributed by atoms with Crippen molar-refractivity contribution in [2.75, 3.05) is 33.4 Å². The highest BCUT2D eigenvalue weighted by Crippen LogP contribution is 2.38. The topological polar surface area (TPSA) is 112 Å². The molecule has 0 bridgehead atoms. The number of benzene rings is 1. The Hall–Kier alpha value is -3.23. The van der Waals surface area contributed by atoms with Crippen LogP contribution in [-0.2, 0) is 9.59 Å². The number of likely N-dealkylation sites (tertiary alicyclic amines) is 1. The molecule has 0 radical (unpaired) electrons. The largest absolute Gasteiger partial charge is 0.507 e. The summed E-state index contributed by atoms with van der Waals surface area (Å²) in [7, 11) is 1.54. The van der Waals surface area contributed by atoms with Gasteiger partial charge in [0.15, 0.2) is 0 Å². The lowest BCUT2D eigenvalue weighted by Crippen LogP contribution is -2.36. The van der Waals surface area contributed by atoms with E-state index in [2.05, 4.69) is 10.3 Å². The maximum Gasteiger partial charge on any atom is 0.295 e. The van der Waals surface area contributed by atoms with Crippen molar-refractivity contribution in [2.45, 2.75) is 6.04 Å². The van der Waals surface area contributed by atoms with Crippen LogP contribution in [0.25, 0.3) is 5.76 Å². The molecule has 29 heavy (non-hydrogen) atoms. The van der Waals surface area contributed by atoms with Gasteiger partial charge in [0.2, 0.25) is 0 Å². The molecular weight excluding hydrogens is 374 g/mol. The lowest BCUT2D eigenvalue weighted by atomic mass is 9.96. The van der Waals surface area contributed by atoms with E-state index in [1.54, 1.807) is 48.8 Å². The van der Waals surface area contributed by atoms with Crippen molar-refractivity contribution in [2.24, 2.45) is 0 Å². The van der Waals surface area contributed by atoms with E-state index in [9.17, 15) is 14.7 Å². The summed E-state index contributed by atoms with van der Waals surface area (Å²) in [6, 6.07) is 9.33. The molecule has 1 unspecified atom stereocenters. The smallest absolute Gasteiger partial charge is 0.295 e. The van der Waals surface area contributed by atoms with Crippen molar-refractivity contribution in [3.63, 3.8) is 0 Å². The van der Waals surface area contributed by atoms with E-state index in [1.807, 2.05) is 0 Å². The van der Waals surface area contributed by atoms with Crippen LogP contribution < -0.4 is 10.1 Å². The van der Waals surface area contributed by atoms with Crippen LogP contribution in [-0.4, -0.2) is 65.1 Å². The highest BCUT2D eigenvalue weighted by atomic mass is 16.5. The van der Waals surface area contributed by atoms with E-state index in [0.29, 0.717) is 30.0 Å². The first-order valence-corrected chi connectivity index (χ1v) is 9.22. The predicted octanol–water partition coefficient (Wildman–Crippen LogP) is 1.09. The number of Topliss-reactive ketones (excluding diaryl/α,β-unsaturated/α-hetero) is 1. The number of ketones is 1. The second kappa shape index (κ2) is 9.31. The van der Waals surface area contributed by atoms with Gasteiger partial charge >= 0.3 is 0 Å². The number of methoxy groups -OCH3 is 1. The Morgan fingerprint density at radius 3 is 2.59 bits per heavy atom. The van der Waals surface area contributed by atoms with Gasteiger partial charge < -0.3 is 25.2 Å². The van der Waals surface area contributed by atoms with E-state index >= 15 is 0 Å². The Morgan fingerprint density at radius 2 is 1.97 bits per heavy atom. The van der Waals surface area contributed by atoms with E-state index in [1.165, 1.54) is 12.0 Å². The van der Waals surface area contributed by atoms with Crippen LogP contribution in [0.1, 0.15) is 17.2 Å². The number of hydrogen-bond donors (Lipinski definition) is 3. The van der Waals surface area contributed by atoms with Gasteiger partial charge in [0.1, 0.15) is 11.5 Å². The third kappa shape index (κ3) is 4.28. The summed E-state index contributed by atoms with van der Waals surface area (Å²) in [6.45, 7) is 0.992. The van der Waals surface area contributed by atoms with Crippen LogP contribution in [0.2, 0.25) is 0 Å². The lowest BCUT2D eigenvalue weighted by molar-refractivity contribution is -0.139. The van der Waals surface area contributed by atoms with Gasteiger partial charge in [-0.25, -0.2) is 0 Å². The number of carbonyl (C=O) groups excluding carboxylic acids is 2. The fraction of sp³-hybridized carbons (Fsp3) is 0.286. The van der Waals surface area contributed by atoms with Crippen LogP contribution in [0.4, 0.5) is 0 Å². The molecule has 3 N–H and O–H groups in total. The Labute approximate surface area is 168 Å². The third-order valence-electron chi connectivity index (χ3n) is 4.72. The Bertz CT molecular complexity index is 896. The molecule has 8 nitrogen and oxygen atoms in total. The zero-order valence-electron chi connectivity index (χ0n) is 16.0. The molecule has 1 atom stereocenters. The van der Waals surface area contributed by atoms with Gasteiger partial charge in [-0.05, 0) is 35.9 Å². The normalized spacial score (nSPS) is 18.3. The summed E-state index contributed by atoms with van der Waals surface area (Å²) in [6.07, 6.45) is 3.17. The minimum Gasteiger partial charge on any atom is -0.507 e. The number of hydrogen-bond acceptors (Lipinski definition) is 7. The number of pyridine rings is 1. The average Bonchev–Trinajstić information content (AvgIpc) is 3.01. The van der Waals surface area contributed by atoms with E-state index < -0.39 is 17.7 Å².